The van der Waals surface area contributed by atoms with Crippen LogP contribution in [0.4, 0.5) is 8.78 Å². The molecule has 1 amide bonds. The molecule has 0 aliphatic rings. The molecule has 0 bridgehead atoms. The highest BCUT2D eigenvalue weighted by molar-refractivity contribution is 5.92. The number of hydrogen-bond donors (Lipinski definition) is 1. The van der Waals surface area contributed by atoms with Crippen molar-refractivity contribution in [1.82, 2.24) is 10.3 Å². The molecule has 2 aromatic carbocycles. The number of nitrogens with zero attached hydrogens (tertiary/aromatic N) is 1. The third-order valence-corrected chi connectivity index (χ3v) is 3.94. The fourth-order valence-electron chi connectivity index (χ4n) is 2.64. The SMILES string of the molecule is O=C(/C=C/c1ccc(OC(F)F)cc1)NC(c1ccccc1)c1ccccn1. The van der Waals surface area contributed by atoms with E-state index in [1.165, 1.54) is 18.2 Å². The maximum Gasteiger partial charge on any atom is 0.387 e. The van der Waals surface area contributed by atoms with Crippen molar-refractivity contribution < 1.29 is 18.3 Å². The molecule has 3 rings (SSSR count). The first kappa shape index (κ1) is 19.2. The lowest BCUT2D eigenvalue weighted by Crippen LogP contribution is -2.28. The highest BCUT2D eigenvalue weighted by Gasteiger charge is 2.16. The molecule has 3 aromatic rings. The Labute approximate surface area is 161 Å². The van der Waals surface area contributed by atoms with Gasteiger partial charge in [-0.15, -0.1) is 0 Å². The number of pyridine rings is 1. The van der Waals surface area contributed by atoms with Crippen molar-refractivity contribution in [1.29, 1.82) is 0 Å². The van der Waals surface area contributed by atoms with Crippen LogP contribution in [0.2, 0.25) is 0 Å². The molecule has 0 fully saturated rings. The first-order valence-corrected chi connectivity index (χ1v) is 8.61. The molecular formula is C22H18F2N2O2. The summed E-state index contributed by atoms with van der Waals surface area (Å²) >= 11 is 0. The molecule has 1 unspecified atom stereocenters. The molecular weight excluding hydrogens is 362 g/mol. The number of carbonyl (C=O) groups is 1. The molecule has 1 heterocycles. The van der Waals surface area contributed by atoms with Gasteiger partial charge in [-0.05, 0) is 41.5 Å². The number of carbonyl (C=O) groups excluding carboxylic acids is 1. The van der Waals surface area contributed by atoms with E-state index in [0.29, 0.717) is 5.56 Å². The average Bonchev–Trinajstić information content (AvgIpc) is 2.72. The van der Waals surface area contributed by atoms with Gasteiger partial charge in [-0.25, -0.2) is 0 Å². The lowest BCUT2D eigenvalue weighted by molar-refractivity contribution is -0.116. The van der Waals surface area contributed by atoms with Gasteiger partial charge in [0, 0.05) is 12.3 Å². The summed E-state index contributed by atoms with van der Waals surface area (Å²) < 4.78 is 28.7. The van der Waals surface area contributed by atoms with E-state index in [4.69, 9.17) is 0 Å². The molecule has 0 aliphatic heterocycles. The number of hydrogen-bond acceptors (Lipinski definition) is 3. The van der Waals surface area contributed by atoms with Crippen LogP contribution in [-0.2, 0) is 4.79 Å². The van der Waals surface area contributed by atoms with Gasteiger partial charge < -0.3 is 10.1 Å². The van der Waals surface area contributed by atoms with E-state index in [0.717, 1.165) is 11.3 Å². The predicted molar refractivity (Wildman–Crippen MR) is 103 cm³/mol. The lowest BCUT2D eigenvalue weighted by atomic mass is 10.0. The smallest absolute Gasteiger partial charge is 0.387 e. The molecule has 6 heteroatoms. The first-order chi connectivity index (χ1) is 13.6. The first-order valence-electron chi connectivity index (χ1n) is 8.61. The van der Waals surface area contributed by atoms with E-state index >= 15 is 0 Å². The molecule has 1 aromatic heterocycles. The molecule has 142 valence electrons. The van der Waals surface area contributed by atoms with Gasteiger partial charge in [-0.1, -0.05) is 48.5 Å². The molecule has 0 spiro atoms. The van der Waals surface area contributed by atoms with Crippen LogP contribution in [0.25, 0.3) is 6.08 Å². The second-order valence-electron chi connectivity index (χ2n) is 5.89. The Balaban J connectivity index is 1.71. The summed E-state index contributed by atoms with van der Waals surface area (Å²) in [5.41, 5.74) is 2.33. The van der Waals surface area contributed by atoms with Crippen molar-refractivity contribution in [3.8, 4) is 5.75 Å². The molecule has 1 atom stereocenters. The lowest BCUT2D eigenvalue weighted by Gasteiger charge is -2.17. The average molecular weight is 380 g/mol. The van der Waals surface area contributed by atoms with Crippen LogP contribution in [0, 0.1) is 0 Å². The number of alkyl halides is 2. The third kappa shape index (κ3) is 5.48. The summed E-state index contributed by atoms with van der Waals surface area (Å²) in [6, 6.07) is 20.7. The number of aromatic nitrogens is 1. The van der Waals surface area contributed by atoms with Crippen molar-refractivity contribution in [3.05, 3.63) is 102 Å². The maximum absolute atomic E-state index is 12.4. The Kier molecular flexibility index (Phi) is 6.46. The summed E-state index contributed by atoms with van der Waals surface area (Å²) in [5, 5.41) is 2.95. The number of amides is 1. The Hall–Kier alpha value is -3.54. The zero-order valence-electron chi connectivity index (χ0n) is 14.8. The van der Waals surface area contributed by atoms with Crippen molar-refractivity contribution in [3.63, 3.8) is 0 Å². The van der Waals surface area contributed by atoms with Crippen LogP contribution in [0.15, 0.2) is 85.1 Å². The van der Waals surface area contributed by atoms with Crippen LogP contribution in [0.3, 0.4) is 0 Å². The molecule has 0 aliphatic carbocycles. The minimum atomic E-state index is -2.87. The third-order valence-electron chi connectivity index (χ3n) is 3.94. The number of benzene rings is 2. The maximum atomic E-state index is 12.4. The summed E-state index contributed by atoms with van der Waals surface area (Å²) in [5.74, 6) is -0.233. The molecule has 4 nitrogen and oxygen atoms in total. The second-order valence-corrected chi connectivity index (χ2v) is 5.89. The normalized spacial score (nSPS) is 12.1. The van der Waals surface area contributed by atoms with Crippen LogP contribution in [0.5, 0.6) is 5.75 Å². The van der Waals surface area contributed by atoms with Crippen molar-refractivity contribution in [2.45, 2.75) is 12.7 Å². The molecule has 1 N–H and O–H groups in total. The van der Waals surface area contributed by atoms with Crippen LogP contribution < -0.4 is 10.1 Å². The van der Waals surface area contributed by atoms with E-state index in [9.17, 15) is 13.6 Å². The van der Waals surface area contributed by atoms with E-state index in [1.54, 1.807) is 24.4 Å². The summed E-state index contributed by atoms with van der Waals surface area (Å²) in [7, 11) is 0. The number of ether oxygens (including phenoxy) is 1. The van der Waals surface area contributed by atoms with Crippen molar-refractivity contribution >= 4 is 12.0 Å². The number of nitrogens with one attached hydrogen (secondary N) is 1. The van der Waals surface area contributed by atoms with Gasteiger partial charge in [0.15, 0.2) is 0 Å². The molecule has 0 radical (unpaired) electrons. The highest BCUT2D eigenvalue weighted by Crippen LogP contribution is 2.20. The van der Waals surface area contributed by atoms with Crippen LogP contribution in [0.1, 0.15) is 22.9 Å². The van der Waals surface area contributed by atoms with E-state index in [1.807, 2.05) is 48.5 Å². The topological polar surface area (TPSA) is 51.2 Å². The van der Waals surface area contributed by atoms with E-state index in [2.05, 4.69) is 15.0 Å². The minimum Gasteiger partial charge on any atom is -0.435 e. The summed E-state index contributed by atoms with van der Waals surface area (Å²) in [6.45, 7) is -2.87. The van der Waals surface area contributed by atoms with Crippen LogP contribution >= 0.6 is 0 Å². The molecule has 0 saturated heterocycles. The summed E-state index contributed by atoms with van der Waals surface area (Å²) in [4.78, 5) is 16.8. The van der Waals surface area contributed by atoms with Gasteiger partial charge in [-0.2, -0.15) is 8.78 Å². The zero-order chi connectivity index (χ0) is 19.8. The Bertz CT molecular complexity index is 875. The largest absolute Gasteiger partial charge is 0.435 e. The second kappa shape index (κ2) is 9.41. The number of halogens is 2. The van der Waals surface area contributed by atoms with Crippen molar-refractivity contribution in [2.75, 3.05) is 0 Å². The number of rotatable bonds is 7. The molecule has 0 saturated carbocycles. The van der Waals surface area contributed by atoms with E-state index < -0.39 is 6.61 Å². The fourth-order valence-corrected chi connectivity index (χ4v) is 2.64. The predicted octanol–water partition coefficient (Wildman–Crippen LogP) is 4.60. The Morgan fingerprint density at radius 2 is 1.68 bits per heavy atom. The quantitative estimate of drug-likeness (QED) is 0.610. The van der Waals surface area contributed by atoms with Gasteiger partial charge in [-0.3, -0.25) is 9.78 Å². The van der Waals surface area contributed by atoms with Gasteiger partial charge >= 0.3 is 6.61 Å². The standard InChI is InChI=1S/C22H18F2N2O2/c23-22(24)28-18-12-9-16(10-13-18)11-14-20(27)26-21(17-6-2-1-3-7-17)19-8-4-5-15-25-19/h1-15,21-22H,(H,26,27)/b14-11+. The minimum absolute atomic E-state index is 0.0656. The van der Waals surface area contributed by atoms with Gasteiger partial charge in [0.2, 0.25) is 5.91 Å². The van der Waals surface area contributed by atoms with Gasteiger partial charge in [0.1, 0.15) is 5.75 Å². The molecule has 28 heavy (non-hydrogen) atoms. The Morgan fingerprint density at radius 1 is 0.964 bits per heavy atom. The Morgan fingerprint density at radius 3 is 2.32 bits per heavy atom. The monoisotopic (exact) mass is 380 g/mol. The zero-order valence-corrected chi connectivity index (χ0v) is 14.8. The van der Waals surface area contributed by atoms with Crippen LogP contribution in [-0.4, -0.2) is 17.5 Å². The van der Waals surface area contributed by atoms with Crippen molar-refractivity contribution in [2.24, 2.45) is 0 Å². The highest BCUT2D eigenvalue weighted by atomic mass is 19.3. The van der Waals surface area contributed by atoms with E-state index in [-0.39, 0.29) is 17.7 Å². The summed E-state index contributed by atoms with van der Waals surface area (Å²) in [6.07, 6.45) is 4.67. The van der Waals surface area contributed by atoms with Gasteiger partial charge in [0.05, 0.1) is 11.7 Å². The fraction of sp³-hybridized carbons (Fsp3) is 0.0909. The van der Waals surface area contributed by atoms with Gasteiger partial charge in [0.25, 0.3) is 0 Å².